The number of nitrogens with two attached hydrogens (primary N) is 2. The van der Waals surface area contributed by atoms with E-state index < -0.39 is 21.6 Å². The smallest absolute Gasteiger partial charge is 0.393 e. The van der Waals surface area contributed by atoms with E-state index in [2.05, 4.69) is 37.2 Å². The summed E-state index contributed by atoms with van der Waals surface area (Å²) in [4.78, 5) is 22.9. The summed E-state index contributed by atoms with van der Waals surface area (Å²) < 4.78 is 39.4. The van der Waals surface area contributed by atoms with Crippen molar-refractivity contribution in [3.05, 3.63) is 99.0 Å². The van der Waals surface area contributed by atoms with Crippen LogP contribution in [0.1, 0.15) is 33.4 Å². The second-order valence-electron chi connectivity index (χ2n) is 9.59. The highest BCUT2D eigenvalue weighted by Gasteiger charge is 2.30. The lowest BCUT2D eigenvalue weighted by Crippen LogP contribution is -2.31. The lowest BCUT2D eigenvalue weighted by atomic mass is 9.96. The van der Waals surface area contributed by atoms with Crippen molar-refractivity contribution in [2.24, 2.45) is 0 Å². The third-order valence-corrected chi connectivity index (χ3v) is 8.44. The Morgan fingerprint density at radius 2 is 1.40 bits per heavy atom. The molecule has 5 N–H and O–H groups in total. The molecule has 0 radical (unpaired) electrons. The molecule has 0 unspecified atom stereocenters. The van der Waals surface area contributed by atoms with Gasteiger partial charge in [-0.3, -0.25) is 25.1 Å². The SMILES string of the molecule is Cl.Nc1c([N+](=O)[O-])cc(Br)c2c1CN(Cc1ccc(C(F)(F)F)cc1)CC2.Nc1c([N+](=O)[O-])cc(Br)c2c1CNCC2. The first kappa shape index (κ1) is 33.5. The number of nitrogen functional groups attached to an aromatic ring is 2. The molecule has 0 aromatic heterocycles. The lowest BCUT2D eigenvalue weighted by molar-refractivity contribution is -0.384. The first-order valence-corrected chi connectivity index (χ1v) is 13.9. The molecule has 2 aliphatic heterocycles. The average molecular weight is 739 g/mol. The number of benzene rings is 3. The number of nitro groups is 2. The molecule has 5 rings (SSSR count). The number of alkyl halides is 3. The fourth-order valence-corrected chi connectivity index (χ4v) is 6.22. The maximum absolute atomic E-state index is 12.6. The molecule has 0 saturated heterocycles. The topological polar surface area (TPSA) is 154 Å². The molecule has 226 valence electrons. The Morgan fingerprint density at radius 3 is 1.93 bits per heavy atom. The third kappa shape index (κ3) is 7.32. The predicted molar refractivity (Wildman–Crippen MR) is 162 cm³/mol. The van der Waals surface area contributed by atoms with Gasteiger partial charge in [-0.1, -0.05) is 44.0 Å². The van der Waals surface area contributed by atoms with Crippen LogP contribution < -0.4 is 16.8 Å². The zero-order chi connectivity index (χ0) is 30.1. The summed E-state index contributed by atoms with van der Waals surface area (Å²) in [7, 11) is 0. The molecule has 0 fully saturated rings. The van der Waals surface area contributed by atoms with Gasteiger partial charge in [0.05, 0.1) is 15.4 Å². The van der Waals surface area contributed by atoms with Gasteiger partial charge < -0.3 is 16.8 Å². The third-order valence-electron chi connectivity index (χ3n) is 7.03. The molecule has 0 amide bonds. The number of hydrogen-bond acceptors (Lipinski definition) is 8. The minimum atomic E-state index is -4.36. The first-order chi connectivity index (χ1) is 19.3. The number of anilines is 2. The zero-order valence-corrected chi connectivity index (χ0v) is 25.8. The Kier molecular flexibility index (Phi) is 10.8. The van der Waals surface area contributed by atoms with Crippen LogP contribution in [0, 0.1) is 20.2 Å². The molecule has 0 bridgehead atoms. The summed E-state index contributed by atoms with van der Waals surface area (Å²) in [5, 5.41) is 25.0. The largest absolute Gasteiger partial charge is 0.416 e. The molecule has 0 aliphatic carbocycles. The van der Waals surface area contributed by atoms with Gasteiger partial charge in [0, 0.05) is 58.4 Å². The van der Waals surface area contributed by atoms with Gasteiger partial charge in [0.2, 0.25) is 0 Å². The molecule has 42 heavy (non-hydrogen) atoms. The van der Waals surface area contributed by atoms with Crippen molar-refractivity contribution in [3.8, 4) is 0 Å². The molecule has 3 aromatic rings. The van der Waals surface area contributed by atoms with Crippen molar-refractivity contribution in [2.45, 2.75) is 38.7 Å². The molecular formula is C26H26Br2ClF3N6O4. The van der Waals surface area contributed by atoms with Crippen molar-refractivity contribution < 1.29 is 23.0 Å². The highest BCUT2D eigenvalue weighted by atomic mass is 79.9. The van der Waals surface area contributed by atoms with Gasteiger partial charge in [-0.2, -0.15) is 13.2 Å². The summed E-state index contributed by atoms with van der Waals surface area (Å²) in [5.41, 5.74) is 15.6. The predicted octanol–water partition coefficient (Wildman–Crippen LogP) is 6.52. The fraction of sp³-hybridized carbons (Fsp3) is 0.308. The first-order valence-electron chi connectivity index (χ1n) is 12.3. The number of hydrogen-bond donors (Lipinski definition) is 3. The molecule has 2 aliphatic rings. The second kappa shape index (κ2) is 13.5. The molecule has 0 atom stereocenters. The Labute approximate surface area is 261 Å². The Bertz CT molecular complexity index is 1510. The quantitative estimate of drug-likeness (QED) is 0.155. The van der Waals surface area contributed by atoms with E-state index in [0.717, 1.165) is 51.8 Å². The number of fused-ring (bicyclic) bond motifs is 2. The Balaban J connectivity index is 0.000000258. The van der Waals surface area contributed by atoms with E-state index in [9.17, 15) is 33.4 Å². The van der Waals surface area contributed by atoms with Crippen LogP contribution in [-0.2, 0) is 38.7 Å². The van der Waals surface area contributed by atoms with Crippen molar-refractivity contribution >= 4 is 67.0 Å². The van der Waals surface area contributed by atoms with Crippen LogP contribution in [0.5, 0.6) is 0 Å². The molecular weight excluding hydrogens is 713 g/mol. The van der Waals surface area contributed by atoms with Gasteiger partial charge in [-0.15, -0.1) is 12.4 Å². The van der Waals surface area contributed by atoms with Crippen LogP contribution in [0.15, 0.2) is 45.3 Å². The second-order valence-corrected chi connectivity index (χ2v) is 11.3. The minimum Gasteiger partial charge on any atom is -0.393 e. The van der Waals surface area contributed by atoms with E-state index >= 15 is 0 Å². The molecule has 10 nitrogen and oxygen atoms in total. The highest BCUT2D eigenvalue weighted by molar-refractivity contribution is 9.10. The monoisotopic (exact) mass is 736 g/mol. The molecule has 0 spiro atoms. The van der Waals surface area contributed by atoms with Crippen LogP contribution in [0.25, 0.3) is 0 Å². The van der Waals surface area contributed by atoms with Gasteiger partial charge in [0.1, 0.15) is 11.4 Å². The van der Waals surface area contributed by atoms with Crippen molar-refractivity contribution in [1.29, 1.82) is 0 Å². The van der Waals surface area contributed by atoms with Crippen molar-refractivity contribution in [3.63, 3.8) is 0 Å². The van der Waals surface area contributed by atoms with E-state index in [1.807, 2.05) is 4.90 Å². The lowest BCUT2D eigenvalue weighted by Gasteiger charge is -2.30. The van der Waals surface area contributed by atoms with Gasteiger partial charge in [0.25, 0.3) is 11.4 Å². The van der Waals surface area contributed by atoms with Gasteiger partial charge in [0.15, 0.2) is 0 Å². The molecule has 2 heterocycles. The summed E-state index contributed by atoms with van der Waals surface area (Å²) in [6, 6.07) is 7.92. The van der Waals surface area contributed by atoms with Crippen LogP contribution in [-0.4, -0.2) is 27.8 Å². The average Bonchev–Trinajstić information content (AvgIpc) is 2.92. The van der Waals surface area contributed by atoms with Crippen LogP contribution in [0.2, 0.25) is 0 Å². The summed E-state index contributed by atoms with van der Waals surface area (Å²) >= 11 is 6.71. The molecule has 3 aromatic carbocycles. The van der Waals surface area contributed by atoms with Gasteiger partial charge in [-0.05, 0) is 48.2 Å². The molecule has 0 saturated carbocycles. The van der Waals surface area contributed by atoms with E-state index in [1.165, 1.54) is 24.3 Å². The van der Waals surface area contributed by atoms with E-state index in [1.54, 1.807) is 0 Å². The maximum Gasteiger partial charge on any atom is 0.416 e. The Morgan fingerprint density at radius 1 is 0.881 bits per heavy atom. The number of rotatable bonds is 4. The Hall–Kier alpha value is -2.98. The highest BCUT2D eigenvalue weighted by Crippen LogP contribution is 2.38. The van der Waals surface area contributed by atoms with Crippen LogP contribution in [0.3, 0.4) is 0 Å². The van der Waals surface area contributed by atoms with E-state index in [-0.39, 0.29) is 35.2 Å². The summed E-state index contributed by atoms with van der Waals surface area (Å²) in [6.45, 7) is 3.01. The zero-order valence-electron chi connectivity index (χ0n) is 21.8. The standard InChI is InChI=1S/C17H15BrF3N3O2.C9H10BrN3O2.ClH/c18-14-7-15(24(25)26)16(22)13-9-23(6-5-12(13)14)8-10-1-3-11(4-2-10)17(19,20)21;10-7-3-8(13(14)15)9(11)6-4-12-2-1-5(6)7;/h1-4,7H,5-6,8-9,22H2;3,12H,1-2,4,11H2;1H. The van der Waals surface area contributed by atoms with Crippen LogP contribution in [0.4, 0.5) is 35.9 Å². The summed E-state index contributed by atoms with van der Waals surface area (Å²) in [5.74, 6) is 0. The minimum absolute atomic E-state index is 0. The normalized spacial score (nSPS) is 14.5. The molecule has 16 heteroatoms. The van der Waals surface area contributed by atoms with Gasteiger partial charge in [-0.25, -0.2) is 0 Å². The fourth-order valence-electron chi connectivity index (χ4n) is 4.91. The summed E-state index contributed by atoms with van der Waals surface area (Å²) in [6.07, 6.45) is -2.86. The van der Waals surface area contributed by atoms with Crippen molar-refractivity contribution in [2.75, 3.05) is 24.6 Å². The maximum atomic E-state index is 12.6. The van der Waals surface area contributed by atoms with E-state index in [4.69, 9.17) is 11.5 Å². The number of halogens is 6. The number of nitrogens with zero attached hydrogens (tertiary/aromatic N) is 3. The van der Waals surface area contributed by atoms with E-state index in [0.29, 0.717) is 42.6 Å². The van der Waals surface area contributed by atoms with Gasteiger partial charge >= 0.3 is 6.18 Å². The van der Waals surface area contributed by atoms with Crippen LogP contribution >= 0.6 is 44.3 Å². The van der Waals surface area contributed by atoms with Crippen molar-refractivity contribution in [1.82, 2.24) is 10.2 Å². The number of nitrogens with one attached hydrogen (secondary N) is 1. The number of nitro benzene ring substituents is 2.